The quantitative estimate of drug-likeness (QED) is 0.885. The number of hydrogen-bond donors (Lipinski definition) is 2. The van der Waals surface area contributed by atoms with E-state index >= 15 is 0 Å². The number of carbonyl (C=O) groups excluding carboxylic acids is 1. The Balaban J connectivity index is 2.91. The molecule has 0 radical (unpaired) electrons. The van der Waals surface area contributed by atoms with Crippen molar-refractivity contribution < 1.29 is 23.1 Å². The first-order valence-corrected chi connectivity index (χ1v) is 6.34. The molecule has 1 rings (SSSR count). The van der Waals surface area contributed by atoms with Gasteiger partial charge in [-0.1, -0.05) is 15.9 Å². The number of rotatable bonds is 4. The minimum atomic E-state index is -4.60. The number of alkyl halides is 3. The van der Waals surface area contributed by atoms with Crippen molar-refractivity contribution in [3.05, 3.63) is 33.8 Å². The summed E-state index contributed by atoms with van der Waals surface area (Å²) >= 11 is 2.94. The van der Waals surface area contributed by atoms with E-state index in [9.17, 15) is 18.0 Å². The zero-order valence-electron chi connectivity index (χ0n) is 10.1. The van der Waals surface area contributed by atoms with E-state index < -0.39 is 29.3 Å². The maximum atomic E-state index is 12.8. The maximum absolute atomic E-state index is 12.8. The van der Waals surface area contributed by atoms with Gasteiger partial charge in [0.25, 0.3) is 5.91 Å². The van der Waals surface area contributed by atoms with Gasteiger partial charge in [0.15, 0.2) is 0 Å². The summed E-state index contributed by atoms with van der Waals surface area (Å²) < 4.78 is 38.6. The number of amides is 1. The summed E-state index contributed by atoms with van der Waals surface area (Å²) in [4.78, 5) is 11.7. The SMILES string of the molecule is C[C@H](O)CCNC(=O)c1ccc(Br)cc1C(F)(F)F. The van der Waals surface area contributed by atoms with Crippen molar-refractivity contribution in [1.29, 1.82) is 0 Å². The van der Waals surface area contributed by atoms with E-state index in [4.69, 9.17) is 5.11 Å². The summed E-state index contributed by atoms with van der Waals surface area (Å²) in [5.74, 6) is -0.805. The summed E-state index contributed by atoms with van der Waals surface area (Å²) in [6, 6.07) is 3.35. The van der Waals surface area contributed by atoms with Crippen LogP contribution in [0.15, 0.2) is 22.7 Å². The Morgan fingerprint density at radius 3 is 2.63 bits per heavy atom. The van der Waals surface area contributed by atoms with Gasteiger partial charge in [0.05, 0.1) is 17.2 Å². The smallest absolute Gasteiger partial charge is 0.393 e. The number of halogens is 4. The molecule has 0 saturated heterocycles. The lowest BCUT2D eigenvalue weighted by Crippen LogP contribution is -2.28. The zero-order chi connectivity index (χ0) is 14.6. The van der Waals surface area contributed by atoms with Crippen LogP contribution in [-0.2, 0) is 6.18 Å². The summed E-state index contributed by atoms with van der Waals surface area (Å²) in [7, 11) is 0. The van der Waals surface area contributed by atoms with Crippen LogP contribution in [0.1, 0.15) is 29.3 Å². The average Bonchev–Trinajstić information content (AvgIpc) is 2.27. The number of nitrogens with one attached hydrogen (secondary N) is 1. The molecule has 2 N–H and O–H groups in total. The van der Waals surface area contributed by atoms with Crippen LogP contribution in [0.3, 0.4) is 0 Å². The lowest BCUT2D eigenvalue weighted by Gasteiger charge is -2.13. The van der Waals surface area contributed by atoms with Gasteiger partial charge in [0.2, 0.25) is 0 Å². The number of aliphatic hydroxyl groups excluding tert-OH is 1. The van der Waals surface area contributed by atoms with Crippen molar-refractivity contribution in [2.24, 2.45) is 0 Å². The predicted octanol–water partition coefficient (Wildman–Crippen LogP) is 2.97. The molecular formula is C12H13BrF3NO2. The van der Waals surface area contributed by atoms with Gasteiger partial charge < -0.3 is 10.4 Å². The molecule has 0 aliphatic carbocycles. The Labute approximate surface area is 116 Å². The molecular weight excluding hydrogens is 327 g/mol. The number of hydrogen-bond acceptors (Lipinski definition) is 2. The van der Waals surface area contributed by atoms with Crippen molar-refractivity contribution in [1.82, 2.24) is 5.32 Å². The van der Waals surface area contributed by atoms with Crippen molar-refractivity contribution in [2.45, 2.75) is 25.6 Å². The van der Waals surface area contributed by atoms with Gasteiger partial charge in [-0.05, 0) is 31.5 Å². The van der Waals surface area contributed by atoms with Gasteiger partial charge in [-0.15, -0.1) is 0 Å². The molecule has 0 saturated carbocycles. The highest BCUT2D eigenvalue weighted by Crippen LogP contribution is 2.33. The second-order valence-corrected chi connectivity index (χ2v) is 5.00. The normalized spacial score (nSPS) is 13.2. The molecule has 19 heavy (non-hydrogen) atoms. The predicted molar refractivity (Wildman–Crippen MR) is 67.8 cm³/mol. The van der Waals surface area contributed by atoms with Crippen molar-refractivity contribution in [2.75, 3.05) is 6.54 Å². The maximum Gasteiger partial charge on any atom is 0.417 e. The molecule has 1 atom stereocenters. The fraction of sp³-hybridized carbons (Fsp3) is 0.417. The van der Waals surface area contributed by atoms with Crippen molar-refractivity contribution >= 4 is 21.8 Å². The molecule has 1 aromatic rings. The third-order valence-corrected chi connectivity index (χ3v) is 2.87. The Morgan fingerprint density at radius 1 is 1.47 bits per heavy atom. The van der Waals surface area contributed by atoms with Crippen LogP contribution in [0.5, 0.6) is 0 Å². The van der Waals surface area contributed by atoms with Crippen LogP contribution in [0, 0.1) is 0 Å². The van der Waals surface area contributed by atoms with E-state index in [1.54, 1.807) is 0 Å². The molecule has 0 unspecified atom stereocenters. The zero-order valence-corrected chi connectivity index (χ0v) is 11.7. The van der Waals surface area contributed by atoms with E-state index in [2.05, 4.69) is 21.2 Å². The highest BCUT2D eigenvalue weighted by molar-refractivity contribution is 9.10. The molecule has 1 amide bonds. The van der Waals surface area contributed by atoms with Gasteiger partial charge in [-0.2, -0.15) is 13.2 Å². The minimum Gasteiger partial charge on any atom is -0.393 e. The monoisotopic (exact) mass is 339 g/mol. The first kappa shape index (κ1) is 16.0. The highest BCUT2D eigenvalue weighted by Gasteiger charge is 2.35. The summed E-state index contributed by atoms with van der Waals surface area (Å²) in [6.45, 7) is 1.65. The fourth-order valence-corrected chi connectivity index (χ4v) is 1.80. The first-order valence-electron chi connectivity index (χ1n) is 5.55. The van der Waals surface area contributed by atoms with Crippen LogP contribution in [-0.4, -0.2) is 23.7 Å². The topological polar surface area (TPSA) is 49.3 Å². The molecule has 0 spiro atoms. The Morgan fingerprint density at radius 2 is 2.11 bits per heavy atom. The number of carbonyl (C=O) groups is 1. The molecule has 7 heteroatoms. The van der Waals surface area contributed by atoms with Gasteiger partial charge >= 0.3 is 6.18 Å². The van der Waals surface area contributed by atoms with E-state index in [0.29, 0.717) is 0 Å². The van der Waals surface area contributed by atoms with Crippen molar-refractivity contribution in [3.8, 4) is 0 Å². The van der Waals surface area contributed by atoms with Crippen LogP contribution in [0.2, 0.25) is 0 Å². The first-order chi connectivity index (χ1) is 8.71. The van der Waals surface area contributed by atoms with Crippen LogP contribution in [0.25, 0.3) is 0 Å². The van der Waals surface area contributed by atoms with Crippen LogP contribution >= 0.6 is 15.9 Å². The molecule has 106 valence electrons. The lowest BCUT2D eigenvalue weighted by atomic mass is 10.1. The Hall–Kier alpha value is -1.08. The third-order valence-electron chi connectivity index (χ3n) is 2.38. The summed E-state index contributed by atoms with van der Waals surface area (Å²) in [5, 5.41) is 11.4. The second-order valence-electron chi connectivity index (χ2n) is 4.08. The Bertz CT molecular complexity index is 461. The summed E-state index contributed by atoms with van der Waals surface area (Å²) in [5.41, 5.74) is -1.42. The molecule has 0 aliphatic rings. The van der Waals surface area contributed by atoms with E-state index in [-0.39, 0.29) is 17.4 Å². The van der Waals surface area contributed by atoms with Gasteiger partial charge in [0, 0.05) is 11.0 Å². The van der Waals surface area contributed by atoms with Gasteiger partial charge in [-0.25, -0.2) is 0 Å². The standard InChI is InChI=1S/C12H13BrF3NO2/c1-7(18)4-5-17-11(19)9-3-2-8(13)6-10(9)12(14,15)16/h2-3,6-7,18H,4-5H2,1H3,(H,17,19)/t7-/m0/s1. The molecule has 0 aliphatic heterocycles. The van der Waals surface area contributed by atoms with Gasteiger partial charge in [0.1, 0.15) is 0 Å². The Kier molecular flexibility index (Phi) is 5.37. The fourth-order valence-electron chi connectivity index (χ4n) is 1.44. The molecule has 0 aromatic heterocycles. The molecule has 0 bridgehead atoms. The van der Waals surface area contributed by atoms with Gasteiger partial charge in [-0.3, -0.25) is 4.79 Å². The van der Waals surface area contributed by atoms with Crippen LogP contribution in [0.4, 0.5) is 13.2 Å². The van der Waals surface area contributed by atoms with E-state index in [0.717, 1.165) is 12.1 Å². The molecule has 3 nitrogen and oxygen atoms in total. The average molecular weight is 340 g/mol. The van der Waals surface area contributed by atoms with E-state index in [1.165, 1.54) is 13.0 Å². The van der Waals surface area contributed by atoms with Crippen molar-refractivity contribution in [3.63, 3.8) is 0 Å². The van der Waals surface area contributed by atoms with E-state index in [1.807, 2.05) is 0 Å². The largest absolute Gasteiger partial charge is 0.417 e. The molecule has 1 aromatic carbocycles. The lowest BCUT2D eigenvalue weighted by molar-refractivity contribution is -0.138. The summed E-state index contributed by atoms with van der Waals surface area (Å²) in [6.07, 6.45) is -4.93. The second kappa shape index (κ2) is 6.38. The molecule has 0 fully saturated rings. The number of aliphatic hydroxyl groups is 1. The van der Waals surface area contributed by atoms with Crippen LogP contribution < -0.4 is 5.32 Å². The number of benzene rings is 1. The third kappa shape index (κ3) is 4.83. The minimum absolute atomic E-state index is 0.115. The molecule has 0 heterocycles. The highest BCUT2D eigenvalue weighted by atomic mass is 79.9.